The molecule has 1 saturated heterocycles. The van der Waals surface area contributed by atoms with E-state index >= 15 is 0 Å². The predicted octanol–water partition coefficient (Wildman–Crippen LogP) is 4.35. The molecule has 2 aromatic rings. The lowest BCUT2D eigenvalue weighted by molar-refractivity contribution is -0.121. The van der Waals surface area contributed by atoms with Crippen LogP contribution >= 0.6 is 23.2 Å². The molecule has 0 bridgehead atoms. The first-order valence-corrected chi connectivity index (χ1v) is 8.28. The lowest BCUT2D eigenvalue weighted by Crippen LogP contribution is -2.35. The molecule has 2 amide bonds. The quantitative estimate of drug-likeness (QED) is 0.825. The van der Waals surface area contributed by atoms with E-state index in [9.17, 15) is 9.59 Å². The summed E-state index contributed by atoms with van der Waals surface area (Å²) in [6, 6.07) is 10.1. The van der Waals surface area contributed by atoms with Crippen LogP contribution < -0.4 is 10.2 Å². The van der Waals surface area contributed by atoms with Crippen molar-refractivity contribution in [2.75, 3.05) is 10.2 Å². The smallest absolute Gasteiger partial charge is 0.256 e. The summed E-state index contributed by atoms with van der Waals surface area (Å²) in [6.07, 6.45) is 0.0784. The molecule has 1 aliphatic heterocycles. The number of nitrogens with zero attached hydrogens (tertiary/aromatic N) is 1. The van der Waals surface area contributed by atoms with Crippen LogP contribution in [0.5, 0.6) is 0 Å². The van der Waals surface area contributed by atoms with Crippen LogP contribution in [0.25, 0.3) is 0 Å². The third kappa shape index (κ3) is 2.99. The van der Waals surface area contributed by atoms with Gasteiger partial charge < -0.3 is 5.32 Å². The average Bonchev–Trinajstić information content (AvgIpc) is 2.79. The molecule has 0 unspecified atom stereocenters. The molecule has 1 heterocycles. The van der Waals surface area contributed by atoms with Crippen molar-refractivity contribution < 1.29 is 9.59 Å². The van der Waals surface area contributed by atoms with Gasteiger partial charge in [-0.05, 0) is 37.6 Å². The van der Waals surface area contributed by atoms with Crippen LogP contribution in [0, 0.1) is 13.8 Å². The van der Waals surface area contributed by atoms with Crippen LogP contribution in [0.1, 0.15) is 17.5 Å². The number of benzene rings is 2. The van der Waals surface area contributed by atoms with E-state index in [0.717, 1.165) is 11.1 Å². The molecule has 0 spiro atoms. The summed E-state index contributed by atoms with van der Waals surface area (Å²) in [4.78, 5) is 26.3. The van der Waals surface area contributed by atoms with Gasteiger partial charge in [-0.3, -0.25) is 9.59 Å². The van der Waals surface area contributed by atoms with E-state index in [1.165, 1.54) is 4.90 Å². The van der Waals surface area contributed by atoms with Gasteiger partial charge in [0.25, 0.3) is 5.91 Å². The highest BCUT2D eigenvalue weighted by Gasteiger charge is 2.40. The molecule has 3 rings (SSSR count). The number of halogens is 2. The van der Waals surface area contributed by atoms with E-state index in [0.29, 0.717) is 21.4 Å². The van der Waals surface area contributed by atoms with Crippen LogP contribution in [0.15, 0.2) is 36.4 Å². The zero-order valence-electron chi connectivity index (χ0n) is 13.3. The molecule has 0 radical (unpaired) electrons. The molecule has 1 N–H and O–H groups in total. The number of hydrogen-bond acceptors (Lipinski definition) is 3. The van der Waals surface area contributed by atoms with E-state index < -0.39 is 6.04 Å². The molecular formula is C18H16Cl2N2O2. The number of imide groups is 1. The second kappa shape index (κ2) is 6.46. The van der Waals surface area contributed by atoms with Gasteiger partial charge in [0.1, 0.15) is 6.04 Å². The van der Waals surface area contributed by atoms with Crippen molar-refractivity contribution in [3.05, 3.63) is 57.6 Å². The van der Waals surface area contributed by atoms with Crippen molar-refractivity contribution in [1.29, 1.82) is 0 Å². The largest absolute Gasteiger partial charge is 0.372 e. The van der Waals surface area contributed by atoms with Gasteiger partial charge in [-0.25, -0.2) is 4.90 Å². The molecule has 0 saturated carbocycles. The number of carbonyl (C=O) groups is 2. The molecule has 1 fully saturated rings. The fourth-order valence-corrected chi connectivity index (χ4v) is 3.21. The molecule has 6 heteroatoms. The first-order valence-electron chi connectivity index (χ1n) is 7.53. The van der Waals surface area contributed by atoms with Gasteiger partial charge in [-0.2, -0.15) is 0 Å². The summed E-state index contributed by atoms with van der Waals surface area (Å²) in [7, 11) is 0. The Labute approximate surface area is 150 Å². The van der Waals surface area contributed by atoms with Crippen LogP contribution in [-0.2, 0) is 9.59 Å². The molecule has 4 nitrogen and oxygen atoms in total. The number of aryl methyl sites for hydroxylation is 2. The lowest BCUT2D eigenvalue weighted by atomic mass is 10.1. The van der Waals surface area contributed by atoms with Gasteiger partial charge in [-0.15, -0.1) is 0 Å². The fraction of sp³-hybridized carbons (Fsp3) is 0.222. The Morgan fingerprint density at radius 2 is 1.88 bits per heavy atom. The summed E-state index contributed by atoms with van der Waals surface area (Å²) in [5.74, 6) is -0.523. The minimum absolute atomic E-state index is 0.0784. The zero-order chi connectivity index (χ0) is 17.4. The van der Waals surface area contributed by atoms with Crippen molar-refractivity contribution in [3.8, 4) is 0 Å². The molecule has 1 atom stereocenters. The maximum absolute atomic E-state index is 12.7. The summed E-state index contributed by atoms with van der Waals surface area (Å²) < 4.78 is 0. The van der Waals surface area contributed by atoms with Gasteiger partial charge in [0.2, 0.25) is 5.91 Å². The third-order valence-corrected chi connectivity index (χ3v) is 4.84. The Morgan fingerprint density at radius 3 is 2.58 bits per heavy atom. The highest BCUT2D eigenvalue weighted by molar-refractivity contribution is 6.43. The van der Waals surface area contributed by atoms with Gasteiger partial charge >= 0.3 is 0 Å². The lowest BCUT2D eigenvalue weighted by Gasteiger charge is -2.19. The SMILES string of the molecule is Cc1ccc(N2C(=O)C[C@H](Nc3cccc(Cl)c3Cl)C2=O)c(C)c1. The monoisotopic (exact) mass is 362 g/mol. The van der Waals surface area contributed by atoms with Crippen molar-refractivity contribution >= 4 is 46.4 Å². The maximum atomic E-state index is 12.7. The molecular weight excluding hydrogens is 347 g/mol. The van der Waals surface area contributed by atoms with Gasteiger partial charge in [0.05, 0.1) is 27.8 Å². The van der Waals surface area contributed by atoms with E-state index in [2.05, 4.69) is 5.32 Å². The number of carbonyl (C=O) groups excluding carboxylic acids is 2. The Morgan fingerprint density at radius 1 is 1.12 bits per heavy atom. The highest BCUT2D eigenvalue weighted by atomic mass is 35.5. The van der Waals surface area contributed by atoms with Crippen LogP contribution in [0.3, 0.4) is 0 Å². The standard InChI is InChI=1S/C18H16Cl2N2O2/c1-10-6-7-15(11(2)8-10)22-16(23)9-14(18(22)24)21-13-5-3-4-12(19)17(13)20/h3-8,14,21H,9H2,1-2H3/t14-/m0/s1. The minimum atomic E-state index is -0.658. The second-order valence-corrected chi connectivity index (χ2v) is 6.64. The van der Waals surface area contributed by atoms with E-state index in [4.69, 9.17) is 23.2 Å². The number of nitrogens with one attached hydrogen (secondary N) is 1. The molecule has 24 heavy (non-hydrogen) atoms. The Balaban J connectivity index is 1.88. The average molecular weight is 363 g/mol. The van der Waals surface area contributed by atoms with Crippen molar-refractivity contribution in [2.24, 2.45) is 0 Å². The van der Waals surface area contributed by atoms with E-state index in [1.807, 2.05) is 26.0 Å². The molecule has 2 aromatic carbocycles. The Hall–Kier alpha value is -2.04. The van der Waals surface area contributed by atoms with Crippen molar-refractivity contribution in [3.63, 3.8) is 0 Å². The van der Waals surface area contributed by atoms with Gasteiger partial charge in [-0.1, -0.05) is 47.0 Å². The predicted molar refractivity (Wildman–Crippen MR) is 96.9 cm³/mol. The van der Waals surface area contributed by atoms with Crippen molar-refractivity contribution in [1.82, 2.24) is 0 Å². The summed E-state index contributed by atoms with van der Waals surface area (Å²) in [5, 5.41) is 3.76. The first kappa shape index (κ1) is 16.8. The molecule has 124 valence electrons. The number of rotatable bonds is 3. The third-order valence-electron chi connectivity index (χ3n) is 4.02. The van der Waals surface area contributed by atoms with Crippen LogP contribution in [0.4, 0.5) is 11.4 Å². The van der Waals surface area contributed by atoms with E-state index in [-0.39, 0.29) is 18.2 Å². The number of anilines is 2. The molecule has 0 aliphatic carbocycles. The molecule has 0 aromatic heterocycles. The zero-order valence-corrected chi connectivity index (χ0v) is 14.8. The number of hydrogen-bond donors (Lipinski definition) is 1. The molecule has 1 aliphatic rings. The van der Waals surface area contributed by atoms with Crippen LogP contribution in [0.2, 0.25) is 10.0 Å². The Bertz CT molecular complexity index is 836. The van der Waals surface area contributed by atoms with Gasteiger partial charge in [0, 0.05) is 0 Å². The Kier molecular flexibility index (Phi) is 4.52. The first-order chi connectivity index (χ1) is 11.4. The number of amides is 2. The second-order valence-electron chi connectivity index (χ2n) is 5.86. The van der Waals surface area contributed by atoms with Gasteiger partial charge in [0.15, 0.2) is 0 Å². The van der Waals surface area contributed by atoms with Crippen LogP contribution in [-0.4, -0.2) is 17.9 Å². The summed E-state index contributed by atoms with van der Waals surface area (Å²) >= 11 is 12.1. The van der Waals surface area contributed by atoms with Crippen molar-refractivity contribution in [2.45, 2.75) is 26.3 Å². The maximum Gasteiger partial charge on any atom is 0.256 e. The summed E-state index contributed by atoms with van der Waals surface area (Å²) in [5.41, 5.74) is 3.13. The topological polar surface area (TPSA) is 49.4 Å². The minimum Gasteiger partial charge on any atom is -0.372 e. The fourth-order valence-electron chi connectivity index (χ4n) is 2.86. The van der Waals surface area contributed by atoms with E-state index in [1.54, 1.807) is 24.3 Å². The highest BCUT2D eigenvalue weighted by Crippen LogP contribution is 2.33. The summed E-state index contributed by atoms with van der Waals surface area (Å²) in [6.45, 7) is 3.85. The normalized spacial score (nSPS) is 17.5.